The van der Waals surface area contributed by atoms with Gasteiger partial charge in [0.2, 0.25) is 0 Å². The van der Waals surface area contributed by atoms with E-state index in [1.54, 1.807) is 14.2 Å². The van der Waals surface area contributed by atoms with Gasteiger partial charge in [-0.1, -0.05) is 30.3 Å². The molecule has 0 fully saturated rings. The first kappa shape index (κ1) is 16.2. The normalized spacial score (nSPS) is 10.7. The molecule has 0 saturated heterocycles. The lowest BCUT2D eigenvalue weighted by atomic mass is 9.98. The molecule has 1 heterocycles. The fourth-order valence-corrected chi connectivity index (χ4v) is 3.10. The van der Waals surface area contributed by atoms with E-state index in [2.05, 4.69) is 30.3 Å². The number of hydrogen-bond donors (Lipinski definition) is 0. The van der Waals surface area contributed by atoms with E-state index in [1.807, 2.05) is 48.5 Å². The van der Waals surface area contributed by atoms with Crippen molar-refractivity contribution in [1.82, 2.24) is 4.98 Å². The topological polar surface area (TPSA) is 31.4 Å². The molecule has 0 spiro atoms. The Bertz CT molecular complexity index is 1040. The lowest BCUT2D eigenvalue weighted by Gasteiger charge is -2.12. The summed E-state index contributed by atoms with van der Waals surface area (Å²) in [5.41, 5.74) is 5.23. The molecule has 0 amide bonds. The van der Waals surface area contributed by atoms with Crippen LogP contribution >= 0.6 is 0 Å². The predicted octanol–water partition coefficient (Wildman–Crippen LogP) is 5.59. The molecular weight excluding hydrogens is 322 g/mol. The Morgan fingerprint density at radius 1 is 0.654 bits per heavy atom. The molecule has 0 aliphatic rings. The molecule has 4 aromatic rings. The minimum absolute atomic E-state index is 0.827. The number of nitrogens with zero attached hydrogens (tertiary/aromatic N) is 1. The van der Waals surface area contributed by atoms with Crippen molar-refractivity contribution in [2.24, 2.45) is 0 Å². The summed E-state index contributed by atoms with van der Waals surface area (Å²) in [6.45, 7) is 0. The summed E-state index contributed by atoms with van der Waals surface area (Å²) in [4.78, 5) is 4.87. The van der Waals surface area contributed by atoms with Gasteiger partial charge in [0.05, 0.1) is 25.4 Å². The smallest absolute Gasteiger partial charge is 0.119 e. The second kappa shape index (κ2) is 6.89. The zero-order chi connectivity index (χ0) is 17.9. The molecule has 0 unspecified atom stereocenters. The molecule has 3 aromatic carbocycles. The molecule has 0 aliphatic heterocycles. The fourth-order valence-electron chi connectivity index (χ4n) is 3.10. The molecule has 128 valence electrons. The van der Waals surface area contributed by atoms with Crippen molar-refractivity contribution in [2.75, 3.05) is 14.2 Å². The van der Waals surface area contributed by atoms with Gasteiger partial charge in [0.25, 0.3) is 0 Å². The molecule has 1 aromatic heterocycles. The van der Waals surface area contributed by atoms with E-state index in [0.717, 1.165) is 44.8 Å². The molecule has 0 radical (unpaired) electrons. The number of rotatable bonds is 4. The van der Waals surface area contributed by atoms with Crippen LogP contribution in [0.3, 0.4) is 0 Å². The van der Waals surface area contributed by atoms with E-state index >= 15 is 0 Å². The van der Waals surface area contributed by atoms with Gasteiger partial charge < -0.3 is 9.47 Å². The van der Waals surface area contributed by atoms with E-state index in [1.165, 1.54) is 0 Å². The number of aromatic nitrogens is 1. The molecule has 0 aliphatic carbocycles. The molecule has 0 atom stereocenters. The molecule has 3 heteroatoms. The third-order valence-electron chi connectivity index (χ3n) is 4.49. The van der Waals surface area contributed by atoms with Crippen molar-refractivity contribution >= 4 is 10.9 Å². The average molecular weight is 341 g/mol. The minimum Gasteiger partial charge on any atom is -0.497 e. The summed E-state index contributed by atoms with van der Waals surface area (Å²) in [5.74, 6) is 1.66. The summed E-state index contributed by atoms with van der Waals surface area (Å²) < 4.78 is 10.7. The van der Waals surface area contributed by atoms with Crippen LogP contribution in [0.4, 0.5) is 0 Å². The van der Waals surface area contributed by atoms with Crippen molar-refractivity contribution in [1.29, 1.82) is 0 Å². The van der Waals surface area contributed by atoms with Crippen molar-refractivity contribution < 1.29 is 9.47 Å². The third-order valence-corrected chi connectivity index (χ3v) is 4.49. The van der Waals surface area contributed by atoms with Gasteiger partial charge in [0.1, 0.15) is 11.5 Å². The molecule has 0 bridgehead atoms. The molecular formula is C23H19NO2. The summed E-state index contributed by atoms with van der Waals surface area (Å²) >= 11 is 0. The Hall–Kier alpha value is -3.33. The number of methoxy groups -OCH3 is 2. The largest absolute Gasteiger partial charge is 0.497 e. The number of benzene rings is 3. The monoisotopic (exact) mass is 341 g/mol. The highest BCUT2D eigenvalue weighted by Gasteiger charge is 2.10. The first-order valence-corrected chi connectivity index (χ1v) is 8.47. The van der Waals surface area contributed by atoms with Gasteiger partial charge in [-0.15, -0.1) is 0 Å². The fraction of sp³-hybridized carbons (Fsp3) is 0.0870. The Kier molecular flexibility index (Phi) is 4.28. The van der Waals surface area contributed by atoms with Crippen LogP contribution in [0.15, 0.2) is 78.9 Å². The van der Waals surface area contributed by atoms with Crippen molar-refractivity contribution in [3.63, 3.8) is 0 Å². The summed E-state index contributed by atoms with van der Waals surface area (Å²) in [5, 5.41) is 1.08. The van der Waals surface area contributed by atoms with Gasteiger partial charge in [-0.05, 0) is 59.7 Å². The molecule has 3 nitrogen and oxygen atoms in total. The van der Waals surface area contributed by atoms with Crippen molar-refractivity contribution in [3.05, 3.63) is 78.9 Å². The first-order chi connectivity index (χ1) is 12.8. The maximum absolute atomic E-state index is 5.41. The molecule has 0 saturated carbocycles. The number of fused-ring (bicyclic) bond motifs is 1. The summed E-state index contributed by atoms with van der Waals surface area (Å²) in [6, 6.07) is 26.5. The Balaban J connectivity index is 1.95. The van der Waals surface area contributed by atoms with Gasteiger partial charge in [-0.3, -0.25) is 0 Å². The average Bonchev–Trinajstić information content (AvgIpc) is 2.73. The maximum Gasteiger partial charge on any atom is 0.119 e. The standard InChI is InChI=1S/C23H19NO2/c1-25-18-10-8-17(9-11-18)23-15-20(16-6-4-3-5-7-16)21-14-19(26-2)12-13-22(21)24-23/h3-15H,1-2H3. The van der Waals surface area contributed by atoms with E-state index < -0.39 is 0 Å². The Labute approximate surface area is 152 Å². The van der Waals surface area contributed by atoms with E-state index in [0.29, 0.717) is 0 Å². The van der Waals surface area contributed by atoms with Crippen LogP contribution in [-0.2, 0) is 0 Å². The van der Waals surface area contributed by atoms with Crippen LogP contribution in [-0.4, -0.2) is 19.2 Å². The van der Waals surface area contributed by atoms with E-state index in [9.17, 15) is 0 Å². The number of hydrogen-bond acceptors (Lipinski definition) is 3. The zero-order valence-corrected chi connectivity index (χ0v) is 14.8. The second-order valence-electron chi connectivity index (χ2n) is 6.03. The zero-order valence-electron chi connectivity index (χ0n) is 14.8. The van der Waals surface area contributed by atoms with Gasteiger partial charge in [-0.25, -0.2) is 4.98 Å². The lowest BCUT2D eigenvalue weighted by Crippen LogP contribution is -1.91. The minimum atomic E-state index is 0.827. The van der Waals surface area contributed by atoms with Crippen LogP contribution in [0.1, 0.15) is 0 Å². The predicted molar refractivity (Wildman–Crippen MR) is 106 cm³/mol. The molecule has 0 N–H and O–H groups in total. The van der Waals surface area contributed by atoms with Crippen molar-refractivity contribution in [2.45, 2.75) is 0 Å². The highest BCUT2D eigenvalue weighted by Crippen LogP contribution is 2.34. The highest BCUT2D eigenvalue weighted by molar-refractivity contribution is 5.97. The number of pyridine rings is 1. The summed E-state index contributed by atoms with van der Waals surface area (Å²) in [7, 11) is 3.35. The molecule has 4 rings (SSSR count). The van der Waals surface area contributed by atoms with Crippen molar-refractivity contribution in [3.8, 4) is 33.9 Å². The van der Waals surface area contributed by atoms with Gasteiger partial charge in [-0.2, -0.15) is 0 Å². The first-order valence-electron chi connectivity index (χ1n) is 8.47. The summed E-state index contributed by atoms with van der Waals surface area (Å²) in [6.07, 6.45) is 0. The quantitative estimate of drug-likeness (QED) is 0.485. The van der Waals surface area contributed by atoms with E-state index in [-0.39, 0.29) is 0 Å². The van der Waals surface area contributed by atoms with E-state index in [4.69, 9.17) is 14.5 Å². The Morgan fingerprint density at radius 3 is 2.04 bits per heavy atom. The highest BCUT2D eigenvalue weighted by atomic mass is 16.5. The molecule has 26 heavy (non-hydrogen) atoms. The van der Waals surface area contributed by atoms with Gasteiger partial charge >= 0.3 is 0 Å². The third kappa shape index (κ3) is 3.00. The van der Waals surface area contributed by atoms with Crippen LogP contribution < -0.4 is 9.47 Å². The lowest BCUT2D eigenvalue weighted by molar-refractivity contribution is 0.415. The number of ether oxygens (including phenoxy) is 2. The van der Waals surface area contributed by atoms with Crippen LogP contribution in [0.2, 0.25) is 0 Å². The Morgan fingerprint density at radius 2 is 1.35 bits per heavy atom. The maximum atomic E-state index is 5.41. The van der Waals surface area contributed by atoms with Gasteiger partial charge in [0, 0.05) is 10.9 Å². The SMILES string of the molecule is COc1ccc(-c2cc(-c3ccccc3)c3cc(OC)ccc3n2)cc1. The van der Waals surface area contributed by atoms with Gasteiger partial charge in [0.15, 0.2) is 0 Å². The second-order valence-corrected chi connectivity index (χ2v) is 6.03. The van der Waals surface area contributed by atoms with Crippen LogP contribution in [0.5, 0.6) is 11.5 Å². The van der Waals surface area contributed by atoms with Crippen LogP contribution in [0.25, 0.3) is 33.3 Å². The van der Waals surface area contributed by atoms with Crippen LogP contribution in [0, 0.1) is 0 Å².